The molecule has 0 bridgehead atoms. The van der Waals surface area contributed by atoms with Gasteiger partial charge in [0, 0.05) is 19.2 Å². The van der Waals surface area contributed by atoms with Crippen LogP contribution in [0.4, 0.5) is 0 Å². The lowest BCUT2D eigenvalue weighted by Gasteiger charge is -2.20. The molecule has 4 heteroatoms. The molecule has 16 heavy (non-hydrogen) atoms. The maximum absolute atomic E-state index is 11.5. The third-order valence-corrected chi connectivity index (χ3v) is 2.91. The third-order valence-electron chi connectivity index (χ3n) is 2.91. The molecule has 0 saturated heterocycles. The van der Waals surface area contributed by atoms with Gasteiger partial charge in [0.05, 0.1) is 13.2 Å². The molecule has 0 spiro atoms. The Morgan fingerprint density at radius 1 is 1.31 bits per heavy atom. The predicted octanol–water partition coefficient (Wildman–Crippen LogP) is 1.16. The predicted molar refractivity (Wildman–Crippen MR) is 66.4 cm³/mol. The molecule has 0 aromatic rings. The van der Waals surface area contributed by atoms with Crippen molar-refractivity contribution in [2.75, 3.05) is 20.3 Å². The molecular weight excluding hydrogens is 204 g/mol. The highest BCUT2D eigenvalue weighted by atomic mass is 16.5. The molecule has 3 unspecified atom stereocenters. The number of hydrogen-bond acceptors (Lipinski definition) is 3. The lowest BCUT2D eigenvalue weighted by atomic mass is 10.0. The SMILES string of the molecule is CCC(C)C(C)NCC(=O)NC(C)COC. The lowest BCUT2D eigenvalue weighted by molar-refractivity contribution is -0.121. The highest BCUT2D eigenvalue weighted by molar-refractivity contribution is 5.78. The molecule has 0 heterocycles. The van der Waals surface area contributed by atoms with Crippen LogP contribution in [-0.2, 0) is 9.53 Å². The zero-order valence-corrected chi connectivity index (χ0v) is 11.2. The Labute approximate surface area is 99.1 Å². The fourth-order valence-corrected chi connectivity index (χ4v) is 1.43. The Morgan fingerprint density at radius 3 is 2.44 bits per heavy atom. The van der Waals surface area contributed by atoms with E-state index in [9.17, 15) is 4.79 Å². The molecule has 1 amide bonds. The van der Waals surface area contributed by atoms with Crippen LogP contribution in [0.2, 0.25) is 0 Å². The summed E-state index contributed by atoms with van der Waals surface area (Å²) in [4.78, 5) is 11.5. The molecule has 0 aliphatic rings. The minimum atomic E-state index is 0.0275. The van der Waals surface area contributed by atoms with E-state index in [1.54, 1.807) is 7.11 Å². The van der Waals surface area contributed by atoms with Crippen LogP contribution in [0.15, 0.2) is 0 Å². The van der Waals surface area contributed by atoms with E-state index >= 15 is 0 Å². The average Bonchev–Trinajstić information content (AvgIpc) is 2.24. The van der Waals surface area contributed by atoms with Gasteiger partial charge in [-0.1, -0.05) is 20.3 Å². The van der Waals surface area contributed by atoms with Crippen LogP contribution in [-0.4, -0.2) is 38.3 Å². The Bertz CT molecular complexity index is 197. The van der Waals surface area contributed by atoms with Crippen LogP contribution in [0, 0.1) is 5.92 Å². The van der Waals surface area contributed by atoms with E-state index in [2.05, 4.69) is 31.4 Å². The minimum Gasteiger partial charge on any atom is -0.383 e. The fourth-order valence-electron chi connectivity index (χ4n) is 1.43. The summed E-state index contributed by atoms with van der Waals surface area (Å²) in [6, 6.07) is 0.437. The van der Waals surface area contributed by atoms with E-state index in [1.165, 1.54) is 0 Å². The number of rotatable bonds is 8. The second-order valence-corrected chi connectivity index (χ2v) is 4.48. The van der Waals surface area contributed by atoms with Gasteiger partial charge in [0.15, 0.2) is 0 Å². The quantitative estimate of drug-likeness (QED) is 0.658. The van der Waals surface area contributed by atoms with Crippen molar-refractivity contribution in [3.8, 4) is 0 Å². The highest BCUT2D eigenvalue weighted by Gasteiger charge is 2.12. The van der Waals surface area contributed by atoms with Gasteiger partial charge in [-0.15, -0.1) is 0 Å². The molecule has 96 valence electrons. The van der Waals surface area contributed by atoms with Gasteiger partial charge in [0.25, 0.3) is 0 Å². The van der Waals surface area contributed by atoms with Gasteiger partial charge >= 0.3 is 0 Å². The first-order valence-electron chi connectivity index (χ1n) is 6.02. The Balaban J connectivity index is 3.72. The summed E-state index contributed by atoms with van der Waals surface area (Å²) in [6.45, 7) is 9.30. The second-order valence-electron chi connectivity index (χ2n) is 4.48. The van der Waals surface area contributed by atoms with Crippen LogP contribution < -0.4 is 10.6 Å². The van der Waals surface area contributed by atoms with Crippen LogP contribution in [0.1, 0.15) is 34.1 Å². The zero-order chi connectivity index (χ0) is 12.6. The standard InChI is InChI=1S/C12H26N2O2/c1-6-9(2)11(4)13-7-12(15)14-10(3)8-16-5/h9-11,13H,6-8H2,1-5H3,(H,14,15). The smallest absolute Gasteiger partial charge is 0.234 e. The molecule has 0 fully saturated rings. The molecule has 0 rings (SSSR count). The van der Waals surface area contributed by atoms with Crippen molar-refractivity contribution >= 4 is 5.91 Å². The van der Waals surface area contributed by atoms with Crippen molar-refractivity contribution in [3.05, 3.63) is 0 Å². The highest BCUT2D eigenvalue weighted by Crippen LogP contribution is 2.05. The van der Waals surface area contributed by atoms with Crippen LogP contribution in [0.25, 0.3) is 0 Å². The Morgan fingerprint density at radius 2 is 1.94 bits per heavy atom. The topological polar surface area (TPSA) is 50.4 Å². The molecule has 0 aromatic carbocycles. The van der Waals surface area contributed by atoms with E-state index in [0.717, 1.165) is 6.42 Å². The molecule has 0 aliphatic carbocycles. The summed E-state index contributed by atoms with van der Waals surface area (Å²) in [5, 5.41) is 6.09. The summed E-state index contributed by atoms with van der Waals surface area (Å²) >= 11 is 0. The number of methoxy groups -OCH3 is 1. The maximum Gasteiger partial charge on any atom is 0.234 e. The monoisotopic (exact) mass is 230 g/mol. The number of carbonyl (C=O) groups excluding carboxylic acids is 1. The zero-order valence-electron chi connectivity index (χ0n) is 11.2. The number of carbonyl (C=O) groups is 1. The van der Waals surface area contributed by atoms with E-state index in [0.29, 0.717) is 25.1 Å². The van der Waals surface area contributed by atoms with Gasteiger partial charge < -0.3 is 15.4 Å². The van der Waals surface area contributed by atoms with Crippen molar-refractivity contribution in [1.29, 1.82) is 0 Å². The van der Waals surface area contributed by atoms with Gasteiger partial charge in [-0.2, -0.15) is 0 Å². The summed E-state index contributed by atoms with van der Waals surface area (Å²) in [7, 11) is 1.63. The molecule has 0 aliphatic heterocycles. The summed E-state index contributed by atoms with van der Waals surface area (Å²) < 4.78 is 4.95. The summed E-state index contributed by atoms with van der Waals surface area (Å²) in [5.74, 6) is 0.615. The third kappa shape index (κ3) is 6.80. The summed E-state index contributed by atoms with van der Waals surface area (Å²) in [6.07, 6.45) is 1.12. The normalized spacial score (nSPS) is 16.6. The van der Waals surface area contributed by atoms with E-state index in [1.807, 2.05) is 6.92 Å². The Kier molecular flexibility index (Phi) is 8.21. The van der Waals surface area contributed by atoms with Gasteiger partial charge in [0.1, 0.15) is 0 Å². The van der Waals surface area contributed by atoms with Crippen LogP contribution >= 0.6 is 0 Å². The van der Waals surface area contributed by atoms with Crippen molar-refractivity contribution < 1.29 is 9.53 Å². The fraction of sp³-hybridized carbons (Fsp3) is 0.917. The van der Waals surface area contributed by atoms with E-state index in [4.69, 9.17) is 4.74 Å². The summed E-state index contributed by atoms with van der Waals surface area (Å²) in [5.41, 5.74) is 0. The Hall–Kier alpha value is -0.610. The van der Waals surface area contributed by atoms with Crippen molar-refractivity contribution in [3.63, 3.8) is 0 Å². The van der Waals surface area contributed by atoms with Crippen molar-refractivity contribution in [2.45, 2.75) is 46.2 Å². The number of ether oxygens (including phenoxy) is 1. The van der Waals surface area contributed by atoms with Gasteiger partial charge in [-0.25, -0.2) is 0 Å². The lowest BCUT2D eigenvalue weighted by Crippen LogP contribution is -2.44. The van der Waals surface area contributed by atoms with Crippen LogP contribution in [0.5, 0.6) is 0 Å². The number of hydrogen-bond donors (Lipinski definition) is 2. The second kappa shape index (κ2) is 8.53. The van der Waals surface area contributed by atoms with Gasteiger partial charge in [0.2, 0.25) is 5.91 Å². The first kappa shape index (κ1) is 15.4. The maximum atomic E-state index is 11.5. The number of nitrogens with one attached hydrogen (secondary N) is 2. The molecular formula is C12H26N2O2. The molecule has 0 saturated carbocycles. The molecule has 0 radical (unpaired) electrons. The van der Waals surface area contributed by atoms with Gasteiger partial charge in [-0.05, 0) is 19.8 Å². The van der Waals surface area contributed by atoms with Crippen LogP contribution in [0.3, 0.4) is 0 Å². The van der Waals surface area contributed by atoms with Gasteiger partial charge in [-0.3, -0.25) is 4.79 Å². The average molecular weight is 230 g/mol. The molecule has 3 atom stereocenters. The van der Waals surface area contributed by atoms with E-state index in [-0.39, 0.29) is 11.9 Å². The van der Waals surface area contributed by atoms with Crippen molar-refractivity contribution in [1.82, 2.24) is 10.6 Å². The molecule has 0 aromatic heterocycles. The van der Waals surface area contributed by atoms with Crippen molar-refractivity contribution in [2.24, 2.45) is 5.92 Å². The first-order valence-corrected chi connectivity index (χ1v) is 6.02. The minimum absolute atomic E-state index is 0.0275. The molecule has 4 nitrogen and oxygen atoms in total. The van der Waals surface area contributed by atoms with E-state index < -0.39 is 0 Å². The molecule has 2 N–H and O–H groups in total. The first-order chi connectivity index (χ1) is 7.51. The largest absolute Gasteiger partial charge is 0.383 e. The number of amides is 1.